The van der Waals surface area contributed by atoms with Crippen molar-refractivity contribution in [3.63, 3.8) is 0 Å². The normalized spacial score (nSPS) is 14.1. The zero-order valence-corrected chi connectivity index (χ0v) is 12.0. The van der Waals surface area contributed by atoms with E-state index in [-0.39, 0.29) is 0 Å². The minimum absolute atomic E-state index is 0.650. The first-order chi connectivity index (χ1) is 9.13. The Labute approximate surface area is 122 Å². The molecule has 0 aliphatic carbocycles. The molecule has 0 fully saturated rings. The number of halogens is 2. The quantitative estimate of drug-likeness (QED) is 0.715. The van der Waals surface area contributed by atoms with Crippen LogP contribution in [-0.2, 0) is 0 Å². The van der Waals surface area contributed by atoms with E-state index in [2.05, 4.69) is 40.9 Å². The summed E-state index contributed by atoms with van der Waals surface area (Å²) in [6, 6.07) is 13.9. The molecule has 3 rings (SSSR count). The van der Waals surface area contributed by atoms with Gasteiger partial charge in [-0.2, -0.15) is 4.58 Å². The van der Waals surface area contributed by atoms with Crippen LogP contribution in [0.3, 0.4) is 0 Å². The second-order valence-electron chi connectivity index (χ2n) is 4.62. The van der Waals surface area contributed by atoms with Crippen LogP contribution in [0.15, 0.2) is 42.5 Å². The van der Waals surface area contributed by atoms with Crippen LogP contribution in [0.1, 0.15) is 5.56 Å². The van der Waals surface area contributed by atoms with Crippen molar-refractivity contribution in [3.05, 3.63) is 58.1 Å². The van der Waals surface area contributed by atoms with E-state index in [4.69, 9.17) is 23.2 Å². The van der Waals surface area contributed by atoms with E-state index >= 15 is 0 Å². The van der Waals surface area contributed by atoms with Crippen molar-refractivity contribution in [2.24, 2.45) is 0 Å². The molecule has 2 nitrogen and oxygen atoms in total. The molecule has 0 unspecified atom stereocenters. The summed E-state index contributed by atoms with van der Waals surface area (Å²) in [7, 11) is 2.07. The molecule has 0 atom stereocenters. The molecule has 1 aliphatic rings. The van der Waals surface area contributed by atoms with Crippen LogP contribution in [0.5, 0.6) is 0 Å². The first kappa shape index (κ1) is 12.5. The zero-order chi connectivity index (χ0) is 13.4. The van der Waals surface area contributed by atoms with Gasteiger partial charge >= 0.3 is 0 Å². The van der Waals surface area contributed by atoms with Crippen molar-refractivity contribution >= 4 is 40.8 Å². The molecule has 0 spiro atoms. The van der Waals surface area contributed by atoms with Crippen molar-refractivity contribution in [1.29, 1.82) is 0 Å². The highest BCUT2D eigenvalue weighted by molar-refractivity contribution is 6.34. The summed E-state index contributed by atoms with van der Waals surface area (Å²) in [6.07, 6.45) is 2.12. The maximum Gasteiger partial charge on any atom is 0.224 e. The lowest BCUT2D eigenvalue weighted by atomic mass is 10.1. The maximum absolute atomic E-state index is 6.07. The molecule has 1 aliphatic heterocycles. The highest BCUT2D eigenvalue weighted by atomic mass is 35.5. The molecule has 2 aromatic rings. The molecule has 1 heterocycles. The third-order valence-electron chi connectivity index (χ3n) is 3.19. The predicted octanol–water partition coefficient (Wildman–Crippen LogP) is 4.16. The third-order valence-corrected chi connectivity index (χ3v) is 3.62. The van der Waals surface area contributed by atoms with E-state index in [0.717, 1.165) is 12.4 Å². The lowest BCUT2D eigenvalue weighted by Gasteiger charge is -2.23. The molecule has 0 N–H and O–H groups in total. The summed E-state index contributed by atoms with van der Waals surface area (Å²) >= 11 is 12.1. The van der Waals surface area contributed by atoms with Crippen molar-refractivity contribution < 1.29 is 4.58 Å². The highest BCUT2D eigenvalue weighted by Crippen LogP contribution is 2.28. The molecule has 0 aromatic heterocycles. The Hall–Kier alpha value is -1.51. The standard InChI is InChI=1S/C15H13Cl2N2/c1-18-10-19(9-11-4-2-3-5-15(11)18)14-7-12(16)6-13(17)8-14/h2-9H,10H2,1H3/q+1. The van der Waals surface area contributed by atoms with Crippen LogP contribution in [0.25, 0.3) is 0 Å². The fraction of sp³-hybridized carbons (Fsp3) is 0.133. The van der Waals surface area contributed by atoms with Crippen molar-refractivity contribution in [1.82, 2.24) is 0 Å². The topological polar surface area (TPSA) is 6.25 Å². The first-order valence-electron chi connectivity index (χ1n) is 6.01. The van der Waals surface area contributed by atoms with Crippen molar-refractivity contribution in [3.8, 4) is 0 Å². The summed E-state index contributed by atoms with van der Waals surface area (Å²) in [5.74, 6) is 0. The second kappa shape index (κ2) is 4.87. The number of hydrogen-bond donors (Lipinski definition) is 0. The summed E-state index contributed by atoms with van der Waals surface area (Å²) in [5.41, 5.74) is 3.41. The van der Waals surface area contributed by atoms with Crippen LogP contribution >= 0.6 is 23.2 Å². The average Bonchev–Trinajstić information content (AvgIpc) is 2.37. The number of benzene rings is 2. The Morgan fingerprint density at radius 3 is 2.47 bits per heavy atom. The van der Waals surface area contributed by atoms with E-state index in [1.54, 1.807) is 6.07 Å². The van der Waals surface area contributed by atoms with Gasteiger partial charge in [0.2, 0.25) is 12.4 Å². The van der Waals surface area contributed by atoms with Crippen LogP contribution in [0.2, 0.25) is 10.0 Å². The molecule has 2 aromatic carbocycles. The fourth-order valence-electron chi connectivity index (χ4n) is 2.32. The van der Waals surface area contributed by atoms with Gasteiger partial charge in [-0.25, -0.2) is 0 Å². The molecule has 0 bridgehead atoms. The van der Waals surface area contributed by atoms with Crippen LogP contribution in [-0.4, -0.2) is 24.5 Å². The molecule has 0 radical (unpaired) electrons. The summed E-state index contributed by atoms with van der Waals surface area (Å²) in [6.45, 7) is 0.772. The molecule has 96 valence electrons. The van der Waals surface area contributed by atoms with Gasteiger partial charge in [-0.3, -0.25) is 0 Å². The van der Waals surface area contributed by atoms with Gasteiger partial charge < -0.3 is 4.90 Å². The number of para-hydroxylation sites is 1. The van der Waals surface area contributed by atoms with Gasteiger partial charge in [0.1, 0.15) is 0 Å². The molecular weight excluding hydrogens is 279 g/mol. The number of anilines is 1. The molecule has 0 saturated heterocycles. The number of hydrogen-bond acceptors (Lipinski definition) is 1. The van der Waals surface area contributed by atoms with Crippen LogP contribution in [0, 0.1) is 0 Å². The van der Waals surface area contributed by atoms with Gasteiger partial charge in [-0.1, -0.05) is 35.3 Å². The van der Waals surface area contributed by atoms with Gasteiger partial charge in [0, 0.05) is 29.2 Å². The molecule has 4 heteroatoms. The Balaban J connectivity index is 2.10. The smallest absolute Gasteiger partial charge is 0.224 e. The molecular formula is C15H13Cl2N2+. The Bertz CT molecular complexity index is 645. The lowest BCUT2D eigenvalue weighted by Crippen LogP contribution is -2.32. The monoisotopic (exact) mass is 291 g/mol. The van der Waals surface area contributed by atoms with Gasteiger partial charge in [-0.15, -0.1) is 0 Å². The van der Waals surface area contributed by atoms with Crippen molar-refractivity contribution in [2.75, 3.05) is 18.6 Å². The van der Waals surface area contributed by atoms with E-state index < -0.39 is 0 Å². The molecule has 19 heavy (non-hydrogen) atoms. The summed E-state index contributed by atoms with van der Waals surface area (Å²) in [4.78, 5) is 2.20. The zero-order valence-electron chi connectivity index (χ0n) is 10.5. The molecule has 0 amide bonds. The van der Waals surface area contributed by atoms with E-state index in [9.17, 15) is 0 Å². The first-order valence-corrected chi connectivity index (χ1v) is 6.77. The summed E-state index contributed by atoms with van der Waals surface area (Å²) in [5, 5.41) is 1.30. The number of fused-ring (bicyclic) bond motifs is 1. The Kier molecular flexibility index (Phi) is 3.21. The minimum atomic E-state index is 0.650. The maximum atomic E-state index is 6.07. The SMILES string of the molecule is CN1C[N+](c2cc(Cl)cc(Cl)c2)=Cc2ccccc21. The van der Waals surface area contributed by atoms with Crippen LogP contribution < -0.4 is 4.90 Å². The third kappa shape index (κ3) is 2.46. The van der Waals surface area contributed by atoms with E-state index in [0.29, 0.717) is 10.0 Å². The fourth-order valence-corrected chi connectivity index (χ4v) is 2.83. The number of nitrogens with zero attached hydrogens (tertiary/aromatic N) is 2. The molecule has 0 saturated carbocycles. The van der Waals surface area contributed by atoms with Gasteiger partial charge in [0.25, 0.3) is 0 Å². The van der Waals surface area contributed by atoms with Gasteiger partial charge in [0.15, 0.2) is 6.21 Å². The van der Waals surface area contributed by atoms with Crippen LogP contribution in [0.4, 0.5) is 11.4 Å². The minimum Gasteiger partial charge on any atom is -0.319 e. The highest BCUT2D eigenvalue weighted by Gasteiger charge is 2.21. The van der Waals surface area contributed by atoms with Gasteiger partial charge in [0.05, 0.1) is 11.3 Å². The average molecular weight is 292 g/mol. The second-order valence-corrected chi connectivity index (χ2v) is 5.50. The Morgan fingerprint density at radius 2 is 1.74 bits per heavy atom. The lowest BCUT2D eigenvalue weighted by molar-refractivity contribution is -0.435. The number of rotatable bonds is 1. The predicted molar refractivity (Wildman–Crippen MR) is 81.3 cm³/mol. The Morgan fingerprint density at radius 1 is 1.05 bits per heavy atom. The summed E-state index contributed by atoms with van der Waals surface area (Å²) < 4.78 is 2.14. The van der Waals surface area contributed by atoms with E-state index in [1.807, 2.05) is 18.2 Å². The van der Waals surface area contributed by atoms with Crippen molar-refractivity contribution in [2.45, 2.75) is 0 Å². The van der Waals surface area contributed by atoms with Gasteiger partial charge in [-0.05, 0) is 18.2 Å². The van der Waals surface area contributed by atoms with E-state index in [1.165, 1.54) is 11.3 Å². The largest absolute Gasteiger partial charge is 0.319 e.